The number of allylic oxidation sites excluding steroid dienone is 1. The second-order valence-electron chi connectivity index (χ2n) is 3.03. The molecule has 70 valence electrons. The van der Waals surface area contributed by atoms with Crippen LogP contribution in [0.5, 0.6) is 0 Å². The molecule has 0 aliphatic rings. The summed E-state index contributed by atoms with van der Waals surface area (Å²) in [5, 5.41) is 8.86. The standard InChI is InChI=1S/C10H18O2/c1-3-4-5-6-7-8-10(12)9(2)11/h3,9,11H,1,4-8H2,2H3. The van der Waals surface area contributed by atoms with Gasteiger partial charge in [-0.15, -0.1) is 6.58 Å². The van der Waals surface area contributed by atoms with Gasteiger partial charge in [0, 0.05) is 6.42 Å². The molecule has 0 amide bonds. The number of Topliss-reactive ketones (excluding diaryl/α,β-unsaturated/α-hetero) is 1. The topological polar surface area (TPSA) is 37.3 Å². The molecule has 0 fully saturated rings. The second kappa shape index (κ2) is 7.04. The summed E-state index contributed by atoms with van der Waals surface area (Å²) in [5.41, 5.74) is 0. The minimum absolute atomic E-state index is 0.0476. The summed E-state index contributed by atoms with van der Waals surface area (Å²) in [5.74, 6) is -0.0476. The highest BCUT2D eigenvalue weighted by Crippen LogP contribution is 2.04. The number of hydrogen-bond acceptors (Lipinski definition) is 2. The molecule has 0 rings (SSSR count). The van der Waals surface area contributed by atoms with Gasteiger partial charge in [-0.25, -0.2) is 0 Å². The van der Waals surface area contributed by atoms with E-state index >= 15 is 0 Å². The van der Waals surface area contributed by atoms with Gasteiger partial charge < -0.3 is 5.11 Å². The lowest BCUT2D eigenvalue weighted by Gasteiger charge is -2.01. The maximum absolute atomic E-state index is 10.9. The van der Waals surface area contributed by atoms with E-state index in [9.17, 15) is 4.79 Å². The quantitative estimate of drug-likeness (QED) is 0.469. The second-order valence-corrected chi connectivity index (χ2v) is 3.03. The van der Waals surface area contributed by atoms with E-state index in [2.05, 4.69) is 6.58 Å². The number of rotatable bonds is 7. The first kappa shape index (κ1) is 11.4. The van der Waals surface area contributed by atoms with Gasteiger partial charge in [0.25, 0.3) is 0 Å². The summed E-state index contributed by atoms with van der Waals surface area (Å²) in [6.45, 7) is 5.13. The maximum Gasteiger partial charge on any atom is 0.160 e. The number of ketones is 1. The molecule has 0 aliphatic heterocycles. The monoisotopic (exact) mass is 170 g/mol. The minimum Gasteiger partial charge on any atom is -0.386 e. The molecule has 0 saturated carbocycles. The van der Waals surface area contributed by atoms with Gasteiger partial charge in [-0.3, -0.25) is 4.79 Å². The van der Waals surface area contributed by atoms with Gasteiger partial charge in [-0.05, 0) is 26.2 Å². The number of hydrogen-bond donors (Lipinski definition) is 1. The SMILES string of the molecule is C=CCCCCCC(=O)C(C)O. The van der Waals surface area contributed by atoms with Crippen LogP contribution >= 0.6 is 0 Å². The Morgan fingerprint density at radius 1 is 1.50 bits per heavy atom. The van der Waals surface area contributed by atoms with Gasteiger partial charge in [0.15, 0.2) is 5.78 Å². The third kappa shape index (κ3) is 6.10. The van der Waals surface area contributed by atoms with E-state index in [4.69, 9.17) is 5.11 Å². The molecule has 0 aromatic heterocycles. The van der Waals surface area contributed by atoms with Gasteiger partial charge in [0.1, 0.15) is 6.10 Å². The van der Waals surface area contributed by atoms with Crippen LogP contribution in [-0.4, -0.2) is 17.0 Å². The zero-order valence-electron chi connectivity index (χ0n) is 7.75. The fourth-order valence-corrected chi connectivity index (χ4v) is 0.974. The average Bonchev–Trinajstić information content (AvgIpc) is 2.03. The number of carbonyl (C=O) groups excluding carboxylic acids is 1. The molecule has 0 spiro atoms. The Morgan fingerprint density at radius 3 is 2.67 bits per heavy atom. The van der Waals surface area contributed by atoms with Crippen LogP contribution in [0.25, 0.3) is 0 Å². The molecule has 0 aliphatic carbocycles. The van der Waals surface area contributed by atoms with E-state index in [1.54, 1.807) is 0 Å². The highest BCUT2D eigenvalue weighted by molar-refractivity contribution is 5.82. The van der Waals surface area contributed by atoms with E-state index in [0.717, 1.165) is 25.7 Å². The van der Waals surface area contributed by atoms with Gasteiger partial charge in [0.2, 0.25) is 0 Å². The van der Waals surface area contributed by atoms with Gasteiger partial charge in [0.05, 0.1) is 0 Å². The van der Waals surface area contributed by atoms with Crippen molar-refractivity contribution in [1.82, 2.24) is 0 Å². The highest BCUT2D eigenvalue weighted by atomic mass is 16.3. The zero-order valence-corrected chi connectivity index (χ0v) is 7.75. The molecule has 12 heavy (non-hydrogen) atoms. The summed E-state index contributed by atoms with van der Waals surface area (Å²) < 4.78 is 0. The van der Waals surface area contributed by atoms with Crippen LogP contribution in [0.1, 0.15) is 39.0 Å². The molecule has 1 unspecified atom stereocenters. The molecule has 0 bridgehead atoms. The van der Waals surface area contributed by atoms with E-state index in [-0.39, 0.29) is 5.78 Å². The van der Waals surface area contributed by atoms with Crippen LogP contribution in [-0.2, 0) is 4.79 Å². The van der Waals surface area contributed by atoms with Crippen LogP contribution in [0.4, 0.5) is 0 Å². The van der Waals surface area contributed by atoms with Crippen molar-refractivity contribution < 1.29 is 9.90 Å². The van der Waals surface area contributed by atoms with Crippen LogP contribution in [0.15, 0.2) is 12.7 Å². The molecule has 0 aromatic carbocycles. The molecule has 0 saturated heterocycles. The number of carbonyl (C=O) groups is 1. The molecule has 2 nitrogen and oxygen atoms in total. The summed E-state index contributed by atoms with van der Waals surface area (Å²) in [4.78, 5) is 10.9. The molecule has 0 radical (unpaired) electrons. The molecule has 0 aromatic rings. The molecule has 1 atom stereocenters. The third-order valence-corrected chi connectivity index (χ3v) is 1.80. The van der Waals surface area contributed by atoms with Crippen LogP contribution < -0.4 is 0 Å². The van der Waals surface area contributed by atoms with Crippen molar-refractivity contribution in [3.63, 3.8) is 0 Å². The lowest BCUT2D eigenvalue weighted by atomic mass is 10.1. The number of aliphatic hydroxyl groups excluding tert-OH is 1. The predicted molar refractivity (Wildman–Crippen MR) is 50.0 cm³/mol. The Hall–Kier alpha value is -0.630. The molecule has 1 N–H and O–H groups in total. The van der Waals surface area contributed by atoms with Crippen molar-refractivity contribution >= 4 is 5.78 Å². The Morgan fingerprint density at radius 2 is 2.17 bits per heavy atom. The highest BCUT2D eigenvalue weighted by Gasteiger charge is 2.06. The number of aliphatic hydroxyl groups is 1. The van der Waals surface area contributed by atoms with Crippen molar-refractivity contribution in [1.29, 1.82) is 0 Å². The first-order valence-corrected chi connectivity index (χ1v) is 4.50. The van der Waals surface area contributed by atoms with Crippen molar-refractivity contribution in [2.45, 2.75) is 45.1 Å². The first-order chi connectivity index (χ1) is 5.68. The van der Waals surface area contributed by atoms with Gasteiger partial charge in [-0.1, -0.05) is 12.5 Å². The predicted octanol–water partition coefficient (Wildman–Crippen LogP) is 2.07. The summed E-state index contributed by atoms with van der Waals surface area (Å²) in [6.07, 6.45) is 5.65. The summed E-state index contributed by atoms with van der Waals surface area (Å²) in [7, 11) is 0. The Balaban J connectivity index is 3.19. The first-order valence-electron chi connectivity index (χ1n) is 4.50. The van der Waals surface area contributed by atoms with Gasteiger partial charge in [-0.2, -0.15) is 0 Å². The average molecular weight is 170 g/mol. The zero-order chi connectivity index (χ0) is 9.40. The largest absolute Gasteiger partial charge is 0.386 e. The van der Waals surface area contributed by atoms with Crippen LogP contribution in [0.2, 0.25) is 0 Å². The molecule has 2 heteroatoms. The smallest absolute Gasteiger partial charge is 0.160 e. The lowest BCUT2D eigenvalue weighted by Crippen LogP contribution is -2.15. The van der Waals surface area contributed by atoms with E-state index in [0.29, 0.717) is 6.42 Å². The fourth-order valence-electron chi connectivity index (χ4n) is 0.974. The number of unbranched alkanes of at least 4 members (excludes halogenated alkanes) is 3. The minimum atomic E-state index is -0.788. The Kier molecular flexibility index (Phi) is 6.67. The third-order valence-electron chi connectivity index (χ3n) is 1.80. The fraction of sp³-hybridized carbons (Fsp3) is 0.700. The van der Waals surface area contributed by atoms with Crippen molar-refractivity contribution in [2.24, 2.45) is 0 Å². The Bertz CT molecular complexity index is 139. The van der Waals surface area contributed by atoms with Crippen molar-refractivity contribution in [3.05, 3.63) is 12.7 Å². The van der Waals surface area contributed by atoms with Gasteiger partial charge >= 0.3 is 0 Å². The Labute approximate surface area is 74.3 Å². The van der Waals surface area contributed by atoms with Crippen LogP contribution in [0.3, 0.4) is 0 Å². The van der Waals surface area contributed by atoms with E-state index < -0.39 is 6.10 Å². The van der Waals surface area contributed by atoms with E-state index in [1.165, 1.54) is 6.92 Å². The van der Waals surface area contributed by atoms with Crippen molar-refractivity contribution in [2.75, 3.05) is 0 Å². The molecular formula is C10H18O2. The maximum atomic E-state index is 10.9. The van der Waals surface area contributed by atoms with E-state index in [1.807, 2.05) is 6.08 Å². The summed E-state index contributed by atoms with van der Waals surface area (Å²) in [6, 6.07) is 0. The lowest BCUT2D eigenvalue weighted by molar-refractivity contribution is -0.126. The van der Waals surface area contributed by atoms with Crippen LogP contribution in [0, 0.1) is 0 Å². The normalized spacial score (nSPS) is 12.5. The molecular weight excluding hydrogens is 152 g/mol. The summed E-state index contributed by atoms with van der Waals surface area (Å²) >= 11 is 0. The van der Waals surface area contributed by atoms with Crippen molar-refractivity contribution in [3.8, 4) is 0 Å². The molecule has 0 heterocycles.